The second kappa shape index (κ2) is 5.80. The van der Waals surface area contributed by atoms with Crippen LogP contribution in [0.4, 0.5) is 14.5 Å². The molecule has 1 N–H and O–H groups in total. The second-order valence-corrected chi connectivity index (χ2v) is 7.68. The van der Waals surface area contributed by atoms with Gasteiger partial charge in [0, 0.05) is 17.7 Å². The van der Waals surface area contributed by atoms with E-state index in [9.17, 15) is 24.1 Å². The van der Waals surface area contributed by atoms with Crippen molar-refractivity contribution >= 4 is 11.6 Å². The maximum atomic E-state index is 13.6. The van der Waals surface area contributed by atoms with Crippen LogP contribution in [0, 0.1) is 39.7 Å². The Morgan fingerprint density at radius 1 is 1.18 bits per heavy atom. The SMILES string of the molecule is CC1(C)C2CCC1(C(=O)Nc1ccc(F)c(F)c1)c1nc(C#N)c(C#N)nc12. The molecule has 2 aliphatic rings. The largest absolute Gasteiger partial charge is 0.325 e. The Kier molecular flexibility index (Phi) is 3.73. The molecule has 8 heteroatoms. The van der Waals surface area contributed by atoms with Crippen molar-refractivity contribution in [2.24, 2.45) is 5.41 Å². The fourth-order valence-corrected chi connectivity index (χ4v) is 4.73. The van der Waals surface area contributed by atoms with Crippen molar-refractivity contribution in [2.45, 2.75) is 38.0 Å². The number of anilines is 1. The van der Waals surface area contributed by atoms with E-state index in [-0.39, 0.29) is 23.0 Å². The highest BCUT2D eigenvalue weighted by Crippen LogP contribution is 2.67. The van der Waals surface area contributed by atoms with Crippen LogP contribution in [0.1, 0.15) is 55.4 Å². The standard InChI is InChI=1S/C20H15F2N5O/c1-19(2)11-5-6-20(19,17-16(11)26-14(8-23)15(9-24)27-17)18(28)25-10-3-4-12(21)13(22)7-10/h3-4,7,11H,5-6H2,1-2H3,(H,25,28). The topological polar surface area (TPSA) is 102 Å². The number of amides is 1. The van der Waals surface area contributed by atoms with Crippen molar-refractivity contribution in [3.8, 4) is 12.1 Å². The van der Waals surface area contributed by atoms with Crippen LogP contribution in [0.2, 0.25) is 0 Å². The first-order valence-electron chi connectivity index (χ1n) is 8.75. The molecular weight excluding hydrogens is 364 g/mol. The number of nitrogens with zero attached hydrogens (tertiary/aromatic N) is 4. The van der Waals surface area contributed by atoms with Crippen LogP contribution in [0.15, 0.2) is 18.2 Å². The van der Waals surface area contributed by atoms with Crippen molar-refractivity contribution in [1.82, 2.24) is 9.97 Å². The molecule has 0 radical (unpaired) electrons. The number of aromatic nitrogens is 2. The molecular formula is C20H15F2N5O. The summed E-state index contributed by atoms with van der Waals surface area (Å²) in [5, 5.41) is 21.2. The molecule has 0 saturated heterocycles. The number of nitrogens with one attached hydrogen (secondary N) is 1. The molecule has 2 bridgehead atoms. The molecule has 2 aromatic rings. The van der Waals surface area contributed by atoms with Crippen LogP contribution in [-0.4, -0.2) is 15.9 Å². The van der Waals surface area contributed by atoms with Gasteiger partial charge in [0.05, 0.1) is 16.8 Å². The van der Waals surface area contributed by atoms with Gasteiger partial charge in [0.15, 0.2) is 23.0 Å². The van der Waals surface area contributed by atoms with Gasteiger partial charge in [-0.3, -0.25) is 4.79 Å². The summed E-state index contributed by atoms with van der Waals surface area (Å²) in [5.41, 5.74) is -0.737. The van der Waals surface area contributed by atoms with Crippen LogP contribution in [0.3, 0.4) is 0 Å². The van der Waals surface area contributed by atoms with Crippen molar-refractivity contribution in [3.63, 3.8) is 0 Å². The summed E-state index contributed by atoms with van der Waals surface area (Å²) in [6.45, 7) is 3.86. The van der Waals surface area contributed by atoms with E-state index in [0.717, 1.165) is 12.1 Å². The molecule has 0 aliphatic heterocycles. The molecule has 1 aromatic heterocycles. The van der Waals surface area contributed by atoms with Crippen LogP contribution in [0.5, 0.6) is 0 Å². The zero-order chi connectivity index (χ0) is 20.3. The predicted octanol–water partition coefficient (Wildman–Crippen LogP) is 3.29. The van der Waals surface area contributed by atoms with E-state index in [1.54, 1.807) is 0 Å². The minimum absolute atomic E-state index is 0.0548. The van der Waals surface area contributed by atoms with E-state index in [1.165, 1.54) is 6.07 Å². The number of nitriles is 2. The zero-order valence-corrected chi connectivity index (χ0v) is 15.2. The van der Waals surface area contributed by atoms with Gasteiger partial charge in [-0.1, -0.05) is 13.8 Å². The number of fused-ring (bicyclic) bond motifs is 5. The Hall–Kier alpha value is -3.39. The lowest BCUT2D eigenvalue weighted by atomic mass is 9.67. The van der Waals surface area contributed by atoms with Crippen LogP contribution >= 0.6 is 0 Å². The van der Waals surface area contributed by atoms with Gasteiger partial charge in [-0.25, -0.2) is 18.7 Å². The van der Waals surface area contributed by atoms with Crippen molar-refractivity contribution < 1.29 is 13.6 Å². The lowest BCUT2D eigenvalue weighted by Crippen LogP contribution is -2.46. The summed E-state index contributed by atoms with van der Waals surface area (Å²) in [6.07, 6.45) is 1.16. The summed E-state index contributed by atoms with van der Waals surface area (Å²) in [6, 6.07) is 6.90. The number of hydrogen-bond acceptors (Lipinski definition) is 5. The summed E-state index contributed by atoms with van der Waals surface area (Å²) in [5.74, 6) is -2.56. The zero-order valence-electron chi connectivity index (χ0n) is 15.2. The van der Waals surface area contributed by atoms with Gasteiger partial charge < -0.3 is 5.32 Å². The normalized spacial score (nSPS) is 23.6. The molecule has 1 amide bonds. The number of benzene rings is 1. The Bertz CT molecular complexity index is 1110. The average Bonchev–Trinajstić information content (AvgIpc) is 3.05. The highest BCUT2D eigenvalue weighted by atomic mass is 19.2. The smallest absolute Gasteiger partial charge is 0.237 e. The van der Waals surface area contributed by atoms with Crippen molar-refractivity contribution in [3.05, 3.63) is 52.6 Å². The van der Waals surface area contributed by atoms with E-state index in [1.807, 2.05) is 26.0 Å². The fraction of sp³-hybridized carbons (Fsp3) is 0.350. The first kappa shape index (κ1) is 18.0. The maximum absolute atomic E-state index is 13.6. The molecule has 1 saturated carbocycles. The van der Waals surface area contributed by atoms with Crippen LogP contribution in [0.25, 0.3) is 0 Å². The molecule has 1 heterocycles. The van der Waals surface area contributed by atoms with E-state index in [2.05, 4.69) is 15.3 Å². The molecule has 28 heavy (non-hydrogen) atoms. The number of rotatable bonds is 2. The first-order valence-corrected chi connectivity index (χ1v) is 8.75. The van der Waals surface area contributed by atoms with Gasteiger partial charge >= 0.3 is 0 Å². The van der Waals surface area contributed by atoms with E-state index in [4.69, 9.17) is 0 Å². The third-order valence-electron chi connectivity index (χ3n) is 6.21. The number of halogens is 2. The monoisotopic (exact) mass is 379 g/mol. The van der Waals surface area contributed by atoms with Gasteiger partial charge in [-0.05, 0) is 30.4 Å². The van der Waals surface area contributed by atoms with Gasteiger partial charge in [0.1, 0.15) is 12.1 Å². The van der Waals surface area contributed by atoms with Gasteiger partial charge in [0.25, 0.3) is 0 Å². The van der Waals surface area contributed by atoms with Crippen LogP contribution < -0.4 is 5.32 Å². The predicted molar refractivity (Wildman–Crippen MR) is 93.9 cm³/mol. The molecule has 2 aliphatic carbocycles. The summed E-state index contributed by atoms with van der Waals surface area (Å²) >= 11 is 0. The number of hydrogen-bond donors (Lipinski definition) is 1. The number of carbonyl (C=O) groups excluding carboxylic acids is 1. The Morgan fingerprint density at radius 2 is 1.86 bits per heavy atom. The molecule has 6 nitrogen and oxygen atoms in total. The quantitative estimate of drug-likeness (QED) is 0.862. The Labute approximate surface area is 159 Å². The molecule has 1 fully saturated rings. The third kappa shape index (κ3) is 2.12. The fourth-order valence-electron chi connectivity index (χ4n) is 4.73. The van der Waals surface area contributed by atoms with Gasteiger partial charge in [-0.2, -0.15) is 10.5 Å². The minimum atomic E-state index is -1.08. The lowest BCUT2D eigenvalue weighted by molar-refractivity contribution is -0.124. The molecule has 2 atom stereocenters. The summed E-state index contributed by atoms with van der Waals surface area (Å²) < 4.78 is 26.7. The maximum Gasteiger partial charge on any atom is 0.237 e. The van der Waals surface area contributed by atoms with Gasteiger partial charge in [-0.15, -0.1) is 0 Å². The minimum Gasteiger partial charge on any atom is -0.325 e. The second-order valence-electron chi connectivity index (χ2n) is 7.68. The van der Waals surface area contributed by atoms with Crippen molar-refractivity contribution in [1.29, 1.82) is 10.5 Å². The number of carbonyl (C=O) groups is 1. The molecule has 4 rings (SSSR count). The Balaban J connectivity index is 1.84. The lowest BCUT2D eigenvalue weighted by Gasteiger charge is -2.36. The van der Waals surface area contributed by atoms with Crippen LogP contribution in [-0.2, 0) is 10.2 Å². The van der Waals surface area contributed by atoms with E-state index >= 15 is 0 Å². The highest BCUT2D eigenvalue weighted by Gasteiger charge is 2.68. The molecule has 0 spiro atoms. The highest BCUT2D eigenvalue weighted by molar-refractivity contribution is 6.01. The third-order valence-corrected chi connectivity index (χ3v) is 6.21. The molecule has 1 aromatic carbocycles. The Morgan fingerprint density at radius 3 is 2.50 bits per heavy atom. The molecule has 2 unspecified atom stereocenters. The van der Waals surface area contributed by atoms with Gasteiger partial charge in [0.2, 0.25) is 5.91 Å². The first-order chi connectivity index (χ1) is 13.3. The van der Waals surface area contributed by atoms with E-state index < -0.39 is 28.4 Å². The molecule has 140 valence electrons. The summed E-state index contributed by atoms with van der Waals surface area (Å²) in [7, 11) is 0. The van der Waals surface area contributed by atoms with E-state index in [0.29, 0.717) is 24.2 Å². The average molecular weight is 379 g/mol. The summed E-state index contributed by atoms with van der Waals surface area (Å²) in [4.78, 5) is 22.1. The van der Waals surface area contributed by atoms with Crippen molar-refractivity contribution in [2.75, 3.05) is 5.32 Å².